The Labute approximate surface area is 109 Å². The van der Waals surface area contributed by atoms with Crippen molar-refractivity contribution in [1.82, 2.24) is 10.2 Å². The van der Waals surface area contributed by atoms with E-state index in [2.05, 4.69) is 11.9 Å². The summed E-state index contributed by atoms with van der Waals surface area (Å²) in [4.78, 5) is 24.9. The summed E-state index contributed by atoms with van der Waals surface area (Å²) in [7, 11) is 0. The fourth-order valence-corrected chi connectivity index (χ4v) is 1.42. The van der Waals surface area contributed by atoms with E-state index in [0.717, 1.165) is 0 Å². The van der Waals surface area contributed by atoms with Crippen LogP contribution in [-0.2, 0) is 14.3 Å². The van der Waals surface area contributed by atoms with Crippen LogP contribution in [-0.4, -0.2) is 49.1 Å². The minimum absolute atomic E-state index is 0.0523. The van der Waals surface area contributed by atoms with Crippen LogP contribution in [0.3, 0.4) is 0 Å². The number of hydrogen-bond acceptors (Lipinski definition) is 4. The summed E-state index contributed by atoms with van der Waals surface area (Å²) in [5.74, 6) is -0.455. The molecule has 0 unspecified atom stereocenters. The smallest absolute Gasteiger partial charge is 0.334 e. The van der Waals surface area contributed by atoms with Crippen molar-refractivity contribution < 1.29 is 14.3 Å². The lowest BCUT2D eigenvalue weighted by Crippen LogP contribution is -2.41. The molecular formula is C13H24N2O3. The lowest BCUT2D eigenvalue weighted by atomic mass is 10.2. The summed E-state index contributed by atoms with van der Waals surface area (Å²) < 4.78 is 4.85. The molecule has 0 aromatic carbocycles. The maximum atomic E-state index is 11.6. The number of nitrogens with zero attached hydrogens (tertiary/aromatic N) is 1. The van der Waals surface area contributed by atoms with Crippen LogP contribution in [0.1, 0.15) is 27.7 Å². The van der Waals surface area contributed by atoms with Crippen LogP contribution in [0.15, 0.2) is 12.2 Å². The third-order valence-electron chi connectivity index (χ3n) is 2.24. The molecule has 0 aliphatic heterocycles. The van der Waals surface area contributed by atoms with Gasteiger partial charge in [0.1, 0.15) is 0 Å². The average Bonchev–Trinajstić information content (AvgIpc) is 2.27. The van der Waals surface area contributed by atoms with Crippen molar-refractivity contribution in [1.29, 1.82) is 0 Å². The molecule has 0 heterocycles. The van der Waals surface area contributed by atoms with Gasteiger partial charge in [-0.2, -0.15) is 0 Å². The fraction of sp³-hybridized carbons (Fsp3) is 0.692. The number of likely N-dealkylation sites (N-methyl/N-ethyl adjacent to an activating group) is 1. The van der Waals surface area contributed by atoms with Crippen LogP contribution in [0.25, 0.3) is 0 Å². The zero-order valence-electron chi connectivity index (χ0n) is 11.8. The first kappa shape index (κ1) is 16.6. The van der Waals surface area contributed by atoms with E-state index < -0.39 is 5.97 Å². The average molecular weight is 256 g/mol. The van der Waals surface area contributed by atoms with Gasteiger partial charge in [0.05, 0.1) is 13.2 Å². The minimum Gasteiger partial charge on any atom is -0.463 e. The van der Waals surface area contributed by atoms with E-state index >= 15 is 0 Å². The number of nitrogens with one attached hydrogen (secondary N) is 1. The number of rotatable bonds is 8. The molecule has 1 N–H and O–H groups in total. The molecule has 18 heavy (non-hydrogen) atoms. The molecule has 0 aromatic heterocycles. The number of carbonyl (C=O) groups is 2. The van der Waals surface area contributed by atoms with Gasteiger partial charge in [-0.3, -0.25) is 9.69 Å². The molecule has 0 saturated carbocycles. The summed E-state index contributed by atoms with van der Waals surface area (Å²) in [6.07, 6.45) is 0. The third-order valence-corrected chi connectivity index (χ3v) is 2.24. The van der Waals surface area contributed by atoms with Crippen LogP contribution in [0, 0.1) is 0 Å². The highest BCUT2D eigenvalue weighted by Crippen LogP contribution is 2.00. The number of hydrogen-bond donors (Lipinski definition) is 1. The number of amides is 1. The fourth-order valence-electron chi connectivity index (χ4n) is 1.42. The molecule has 0 aromatic rings. The summed E-state index contributed by atoms with van der Waals surface area (Å²) in [6.45, 7) is 12.8. The van der Waals surface area contributed by atoms with E-state index in [4.69, 9.17) is 4.74 Å². The Morgan fingerprint density at radius 2 is 1.89 bits per heavy atom. The van der Waals surface area contributed by atoms with Crippen molar-refractivity contribution >= 4 is 11.9 Å². The Kier molecular flexibility index (Phi) is 8.03. The quantitative estimate of drug-likeness (QED) is 0.519. The summed E-state index contributed by atoms with van der Waals surface area (Å²) >= 11 is 0. The molecule has 0 aliphatic carbocycles. The summed E-state index contributed by atoms with van der Waals surface area (Å²) in [5, 5.41) is 2.81. The van der Waals surface area contributed by atoms with Gasteiger partial charge >= 0.3 is 5.97 Å². The van der Waals surface area contributed by atoms with Gasteiger partial charge in [0.15, 0.2) is 0 Å². The molecule has 0 saturated heterocycles. The Morgan fingerprint density at radius 3 is 2.33 bits per heavy atom. The van der Waals surface area contributed by atoms with E-state index in [1.165, 1.54) is 0 Å². The van der Waals surface area contributed by atoms with Crippen molar-refractivity contribution in [2.45, 2.75) is 33.7 Å². The maximum Gasteiger partial charge on any atom is 0.334 e. The monoisotopic (exact) mass is 256 g/mol. The molecule has 0 atom stereocenters. The summed E-state index contributed by atoms with van der Waals surface area (Å²) in [5.41, 5.74) is 0.371. The first-order valence-electron chi connectivity index (χ1n) is 6.27. The first-order valence-corrected chi connectivity index (χ1v) is 6.27. The van der Waals surface area contributed by atoms with Crippen LogP contribution >= 0.6 is 0 Å². The molecule has 1 amide bonds. The van der Waals surface area contributed by atoms with Crippen LogP contribution in [0.5, 0.6) is 0 Å². The first-order chi connectivity index (χ1) is 8.40. The van der Waals surface area contributed by atoms with Crippen LogP contribution < -0.4 is 5.32 Å². The predicted molar refractivity (Wildman–Crippen MR) is 71.2 cm³/mol. The van der Waals surface area contributed by atoms with Gasteiger partial charge in [0, 0.05) is 18.2 Å². The van der Waals surface area contributed by atoms with Crippen LogP contribution in [0.4, 0.5) is 0 Å². The zero-order valence-corrected chi connectivity index (χ0v) is 11.8. The summed E-state index contributed by atoms with van der Waals surface area (Å²) in [6, 6.07) is 0.115. The molecule has 0 aliphatic rings. The second kappa shape index (κ2) is 8.69. The van der Waals surface area contributed by atoms with E-state index in [1.807, 2.05) is 25.7 Å². The Morgan fingerprint density at radius 1 is 1.28 bits per heavy atom. The van der Waals surface area contributed by atoms with Crippen molar-refractivity contribution in [3.63, 3.8) is 0 Å². The predicted octanol–water partition coefficient (Wildman–Crippen LogP) is 0.952. The second-order valence-electron chi connectivity index (χ2n) is 4.35. The molecule has 0 rings (SSSR count). The van der Waals surface area contributed by atoms with E-state index in [0.29, 0.717) is 25.3 Å². The Balaban J connectivity index is 4.22. The van der Waals surface area contributed by atoms with Crippen molar-refractivity contribution in [2.24, 2.45) is 0 Å². The Bertz CT molecular complexity index is 301. The van der Waals surface area contributed by atoms with Gasteiger partial charge in [-0.1, -0.05) is 13.5 Å². The molecule has 5 heteroatoms. The van der Waals surface area contributed by atoms with Gasteiger partial charge < -0.3 is 10.1 Å². The van der Waals surface area contributed by atoms with Crippen molar-refractivity contribution in [2.75, 3.05) is 26.2 Å². The molecule has 0 spiro atoms. The van der Waals surface area contributed by atoms with Crippen molar-refractivity contribution in [3.05, 3.63) is 12.2 Å². The largest absolute Gasteiger partial charge is 0.463 e. The minimum atomic E-state index is -0.403. The van der Waals surface area contributed by atoms with Crippen molar-refractivity contribution in [3.8, 4) is 0 Å². The van der Waals surface area contributed by atoms with Gasteiger partial charge in [0.25, 0.3) is 0 Å². The van der Waals surface area contributed by atoms with Gasteiger partial charge in [0.2, 0.25) is 5.91 Å². The van der Waals surface area contributed by atoms with Gasteiger partial charge in [-0.05, 0) is 27.3 Å². The lowest BCUT2D eigenvalue weighted by molar-refractivity contribution is -0.139. The van der Waals surface area contributed by atoms with Crippen LogP contribution in [0.2, 0.25) is 0 Å². The van der Waals surface area contributed by atoms with E-state index in [-0.39, 0.29) is 18.5 Å². The highest BCUT2D eigenvalue weighted by atomic mass is 16.5. The number of ether oxygens (including phenoxy) is 1. The normalized spacial score (nSPS) is 10.6. The standard InChI is InChI=1S/C13H24N2O3/c1-6-15(9-12(16)14-10(3)4)8-11(5)13(17)18-7-2/h10H,5-9H2,1-4H3,(H,14,16). The van der Waals surface area contributed by atoms with Gasteiger partial charge in [-0.15, -0.1) is 0 Å². The highest BCUT2D eigenvalue weighted by Gasteiger charge is 2.15. The molecule has 0 radical (unpaired) electrons. The molecular weight excluding hydrogens is 232 g/mol. The maximum absolute atomic E-state index is 11.6. The SMILES string of the molecule is C=C(CN(CC)CC(=O)NC(C)C)C(=O)OCC. The number of esters is 1. The molecule has 5 nitrogen and oxygen atoms in total. The molecule has 0 bridgehead atoms. The topological polar surface area (TPSA) is 58.6 Å². The number of carbonyl (C=O) groups excluding carboxylic acids is 2. The Hall–Kier alpha value is -1.36. The molecule has 104 valence electrons. The third kappa shape index (κ3) is 7.06. The van der Waals surface area contributed by atoms with E-state index in [1.54, 1.807) is 6.92 Å². The van der Waals surface area contributed by atoms with E-state index in [9.17, 15) is 9.59 Å². The second-order valence-corrected chi connectivity index (χ2v) is 4.35. The zero-order chi connectivity index (χ0) is 14.1. The lowest BCUT2D eigenvalue weighted by Gasteiger charge is -2.21. The highest BCUT2D eigenvalue weighted by molar-refractivity contribution is 5.88. The van der Waals surface area contributed by atoms with Gasteiger partial charge in [-0.25, -0.2) is 4.79 Å². The molecule has 0 fully saturated rings.